The van der Waals surface area contributed by atoms with E-state index in [0.29, 0.717) is 41.4 Å². The molecule has 192 valence electrons. The van der Waals surface area contributed by atoms with Gasteiger partial charge in [0, 0.05) is 43.1 Å². The lowest BCUT2D eigenvalue weighted by molar-refractivity contribution is -0.140. The Morgan fingerprint density at radius 3 is 2.72 bits per heavy atom. The van der Waals surface area contributed by atoms with Crippen molar-refractivity contribution in [3.63, 3.8) is 0 Å². The fourth-order valence-corrected chi connectivity index (χ4v) is 5.25. The van der Waals surface area contributed by atoms with Gasteiger partial charge in [-0.15, -0.1) is 0 Å². The number of anilines is 1. The van der Waals surface area contributed by atoms with Crippen LogP contribution in [0.2, 0.25) is 0 Å². The Kier molecular flexibility index (Phi) is 7.28. The van der Waals surface area contributed by atoms with Crippen molar-refractivity contribution in [3.8, 4) is 5.88 Å². The standard InChI is InChI=1S/C27H32FN3O5/c1-4-36-21-9-8-18-20(30-21)11-13-31(22(32)6-5-7-23(33)34)25(18)26(35)29-17-14-16-10-12-27(2,3)24(16)19(28)15-17/h8-9,14-15,25H,4-7,10-13H2,1-3H3,(H,29,35)(H,33,34)/t25-/m1/s1. The molecule has 0 saturated carbocycles. The number of ether oxygens (including phenoxy) is 1. The number of hydrogen-bond acceptors (Lipinski definition) is 5. The van der Waals surface area contributed by atoms with Gasteiger partial charge < -0.3 is 20.1 Å². The first-order valence-corrected chi connectivity index (χ1v) is 12.4. The SMILES string of the molecule is CCOc1ccc2c(n1)CCN(C(=O)CCCC(=O)O)[C@H]2C(=O)Nc1cc(F)c2c(c1)CCC2(C)C. The molecule has 0 unspecified atom stereocenters. The second-order valence-electron chi connectivity index (χ2n) is 9.97. The highest BCUT2D eigenvalue weighted by Crippen LogP contribution is 2.41. The van der Waals surface area contributed by atoms with Gasteiger partial charge in [0.1, 0.15) is 11.9 Å². The van der Waals surface area contributed by atoms with E-state index in [1.165, 1.54) is 11.0 Å². The Balaban J connectivity index is 1.63. The lowest BCUT2D eigenvalue weighted by Gasteiger charge is -2.36. The number of aryl methyl sites for hydroxylation is 1. The summed E-state index contributed by atoms with van der Waals surface area (Å²) in [6.45, 7) is 6.58. The number of nitrogens with zero attached hydrogens (tertiary/aromatic N) is 2. The Bertz CT molecular complexity index is 1200. The summed E-state index contributed by atoms with van der Waals surface area (Å²) < 4.78 is 20.5. The van der Waals surface area contributed by atoms with Crippen LogP contribution >= 0.6 is 0 Å². The van der Waals surface area contributed by atoms with E-state index in [1.807, 2.05) is 26.8 Å². The number of carbonyl (C=O) groups excluding carboxylic acids is 2. The number of aromatic nitrogens is 1. The molecule has 36 heavy (non-hydrogen) atoms. The van der Waals surface area contributed by atoms with Crippen molar-refractivity contribution in [1.82, 2.24) is 9.88 Å². The molecule has 2 heterocycles. The van der Waals surface area contributed by atoms with E-state index in [0.717, 1.165) is 18.4 Å². The summed E-state index contributed by atoms with van der Waals surface area (Å²) in [7, 11) is 0. The highest BCUT2D eigenvalue weighted by atomic mass is 19.1. The first kappa shape index (κ1) is 25.6. The molecule has 0 spiro atoms. The van der Waals surface area contributed by atoms with Crippen LogP contribution in [-0.2, 0) is 32.6 Å². The second-order valence-corrected chi connectivity index (χ2v) is 9.97. The molecule has 8 nitrogen and oxygen atoms in total. The number of carbonyl (C=O) groups is 3. The maximum Gasteiger partial charge on any atom is 0.303 e. The molecule has 1 aliphatic heterocycles. The summed E-state index contributed by atoms with van der Waals surface area (Å²) in [6, 6.07) is 5.58. The number of amides is 2. The van der Waals surface area contributed by atoms with Crippen molar-refractivity contribution in [2.75, 3.05) is 18.5 Å². The molecule has 2 N–H and O–H groups in total. The predicted octanol–water partition coefficient (Wildman–Crippen LogP) is 4.16. The van der Waals surface area contributed by atoms with E-state index in [9.17, 15) is 14.4 Å². The third-order valence-corrected chi connectivity index (χ3v) is 6.96. The number of hydrogen-bond donors (Lipinski definition) is 2. The highest BCUT2D eigenvalue weighted by molar-refractivity contribution is 5.98. The molecule has 0 bridgehead atoms. The molecular weight excluding hydrogens is 465 g/mol. The van der Waals surface area contributed by atoms with E-state index >= 15 is 4.39 Å². The minimum atomic E-state index is -0.976. The van der Waals surface area contributed by atoms with E-state index < -0.39 is 17.9 Å². The van der Waals surface area contributed by atoms with Crippen LogP contribution in [0.1, 0.15) is 74.9 Å². The van der Waals surface area contributed by atoms with Gasteiger partial charge >= 0.3 is 5.97 Å². The summed E-state index contributed by atoms with van der Waals surface area (Å²) in [5.41, 5.74) is 2.90. The first-order chi connectivity index (χ1) is 17.1. The minimum absolute atomic E-state index is 0.0123. The fraction of sp³-hybridized carbons (Fsp3) is 0.481. The molecule has 1 atom stereocenters. The third-order valence-electron chi connectivity index (χ3n) is 6.96. The predicted molar refractivity (Wildman–Crippen MR) is 131 cm³/mol. The Morgan fingerprint density at radius 2 is 2.00 bits per heavy atom. The zero-order chi connectivity index (χ0) is 26.0. The molecule has 2 aliphatic rings. The van der Waals surface area contributed by atoms with Crippen molar-refractivity contribution >= 4 is 23.5 Å². The van der Waals surface area contributed by atoms with Crippen LogP contribution in [0.5, 0.6) is 5.88 Å². The van der Waals surface area contributed by atoms with Crippen LogP contribution < -0.4 is 10.1 Å². The van der Waals surface area contributed by atoms with E-state index in [-0.39, 0.29) is 42.9 Å². The van der Waals surface area contributed by atoms with Gasteiger partial charge in [0.2, 0.25) is 11.8 Å². The number of nitrogens with one attached hydrogen (secondary N) is 1. The minimum Gasteiger partial charge on any atom is -0.481 e. The van der Waals surface area contributed by atoms with Crippen LogP contribution in [0, 0.1) is 5.82 Å². The zero-order valence-corrected chi connectivity index (χ0v) is 20.9. The van der Waals surface area contributed by atoms with Gasteiger partial charge in [0.25, 0.3) is 5.91 Å². The van der Waals surface area contributed by atoms with Gasteiger partial charge in [-0.05, 0) is 60.9 Å². The normalized spacial score (nSPS) is 17.8. The zero-order valence-electron chi connectivity index (χ0n) is 20.9. The first-order valence-electron chi connectivity index (χ1n) is 12.4. The average Bonchev–Trinajstić information content (AvgIpc) is 3.12. The summed E-state index contributed by atoms with van der Waals surface area (Å²) in [5.74, 6) is -1.66. The smallest absolute Gasteiger partial charge is 0.303 e. The Hall–Kier alpha value is -3.49. The van der Waals surface area contributed by atoms with E-state index in [2.05, 4.69) is 10.3 Å². The fourth-order valence-electron chi connectivity index (χ4n) is 5.25. The molecule has 2 amide bonds. The molecular formula is C27H32FN3O5. The molecule has 1 aromatic heterocycles. The number of carboxylic acid groups (broad SMARTS) is 1. The molecule has 1 aromatic carbocycles. The number of aliphatic carboxylic acids is 1. The molecule has 0 saturated heterocycles. The van der Waals surface area contributed by atoms with E-state index in [1.54, 1.807) is 12.1 Å². The average molecular weight is 498 g/mol. The largest absolute Gasteiger partial charge is 0.481 e. The lowest BCUT2D eigenvalue weighted by atomic mass is 9.86. The molecule has 0 fully saturated rings. The summed E-state index contributed by atoms with van der Waals surface area (Å²) in [6.07, 6.45) is 2.06. The van der Waals surface area contributed by atoms with Crippen LogP contribution in [0.4, 0.5) is 10.1 Å². The van der Waals surface area contributed by atoms with Gasteiger partial charge in [-0.3, -0.25) is 14.4 Å². The van der Waals surface area contributed by atoms with Crippen LogP contribution in [0.3, 0.4) is 0 Å². The number of benzene rings is 1. The van der Waals surface area contributed by atoms with Gasteiger partial charge in [0.15, 0.2) is 0 Å². The van der Waals surface area contributed by atoms with Gasteiger partial charge in [-0.25, -0.2) is 9.37 Å². The van der Waals surface area contributed by atoms with Gasteiger partial charge in [0.05, 0.1) is 12.3 Å². The molecule has 1 aliphatic carbocycles. The lowest BCUT2D eigenvalue weighted by Crippen LogP contribution is -2.45. The quantitative estimate of drug-likeness (QED) is 0.567. The number of halogens is 1. The van der Waals surface area contributed by atoms with Crippen molar-refractivity contribution in [2.45, 2.75) is 70.8 Å². The number of pyridine rings is 1. The molecule has 9 heteroatoms. The molecule has 4 rings (SSSR count). The number of fused-ring (bicyclic) bond motifs is 2. The summed E-state index contributed by atoms with van der Waals surface area (Å²) in [5, 5.41) is 11.7. The third kappa shape index (κ3) is 5.20. The molecule has 0 radical (unpaired) electrons. The topological polar surface area (TPSA) is 109 Å². The Labute approximate surface area is 209 Å². The van der Waals surface area contributed by atoms with Crippen molar-refractivity contribution in [2.24, 2.45) is 0 Å². The van der Waals surface area contributed by atoms with Crippen molar-refractivity contribution in [3.05, 3.63) is 52.5 Å². The maximum absolute atomic E-state index is 15.0. The monoisotopic (exact) mass is 497 g/mol. The van der Waals surface area contributed by atoms with Crippen molar-refractivity contribution in [1.29, 1.82) is 0 Å². The van der Waals surface area contributed by atoms with Gasteiger partial charge in [-0.1, -0.05) is 13.8 Å². The summed E-state index contributed by atoms with van der Waals surface area (Å²) >= 11 is 0. The second kappa shape index (κ2) is 10.2. The number of rotatable bonds is 8. The Morgan fingerprint density at radius 1 is 1.22 bits per heavy atom. The number of carboxylic acids is 1. The van der Waals surface area contributed by atoms with Gasteiger partial charge in [-0.2, -0.15) is 0 Å². The van der Waals surface area contributed by atoms with Crippen LogP contribution in [0.15, 0.2) is 24.3 Å². The summed E-state index contributed by atoms with van der Waals surface area (Å²) in [4.78, 5) is 43.5. The highest BCUT2D eigenvalue weighted by Gasteiger charge is 2.38. The molecule has 2 aromatic rings. The maximum atomic E-state index is 15.0. The van der Waals surface area contributed by atoms with E-state index in [4.69, 9.17) is 9.84 Å². The van der Waals surface area contributed by atoms with Crippen LogP contribution in [0.25, 0.3) is 0 Å². The van der Waals surface area contributed by atoms with Crippen LogP contribution in [-0.4, -0.2) is 45.9 Å². The van der Waals surface area contributed by atoms with Crippen molar-refractivity contribution < 1.29 is 28.6 Å².